The SMILES string of the molecule is CCC1CCCCC1Oc1c(Cl)cccc1CNC. The number of benzene rings is 1. The van der Waals surface area contributed by atoms with Crippen LogP contribution < -0.4 is 10.1 Å². The summed E-state index contributed by atoms with van der Waals surface area (Å²) in [5.74, 6) is 1.55. The van der Waals surface area contributed by atoms with Gasteiger partial charge in [0.15, 0.2) is 0 Å². The van der Waals surface area contributed by atoms with Crippen LogP contribution in [-0.2, 0) is 6.54 Å². The first-order chi connectivity index (χ1) is 9.26. The summed E-state index contributed by atoms with van der Waals surface area (Å²) in [5.41, 5.74) is 1.15. The van der Waals surface area contributed by atoms with E-state index in [1.54, 1.807) is 0 Å². The van der Waals surface area contributed by atoms with Crippen molar-refractivity contribution in [1.29, 1.82) is 0 Å². The van der Waals surface area contributed by atoms with Gasteiger partial charge in [-0.25, -0.2) is 0 Å². The first-order valence-electron chi connectivity index (χ1n) is 7.35. The molecular weight excluding hydrogens is 258 g/mol. The predicted molar refractivity (Wildman–Crippen MR) is 80.9 cm³/mol. The van der Waals surface area contributed by atoms with Gasteiger partial charge in [0.05, 0.1) is 5.02 Å². The Kier molecular flexibility index (Phi) is 5.53. The molecule has 0 radical (unpaired) electrons. The monoisotopic (exact) mass is 281 g/mol. The summed E-state index contributed by atoms with van der Waals surface area (Å²) in [6, 6.07) is 5.99. The lowest BCUT2D eigenvalue weighted by Gasteiger charge is -2.32. The van der Waals surface area contributed by atoms with Crippen LogP contribution in [0, 0.1) is 5.92 Å². The molecule has 1 aromatic carbocycles. The Labute approximate surface area is 121 Å². The molecule has 2 atom stereocenters. The van der Waals surface area contributed by atoms with Crippen molar-refractivity contribution in [3.8, 4) is 5.75 Å². The Morgan fingerprint density at radius 2 is 2.11 bits per heavy atom. The molecule has 0 spiro atoms. The Hall–Kier alpha value is -0.730. The van der Waals surface area contributed by atoms with Gasteiger partial charge in [-0.2, -0.15) is 0 Å². The van der Waals surface area contributed by atoms with E-state index in [0.29, 0.717) is 12.0 Å². The lowest BCUT2D eigenvalue weighted by molar-refractivity contribution is 0.0894. The molecule has 1 aliphatic rings. The summed E-state index contributed by atoms with van der Waals surface area (Å²) in [6.45, 7) is 3.05. The van der Waals surface area contributed by atoms with Crippen LogP contribution in [0.15, 0.2) is 18.2 Å². The van der Waals surface area contributed by atoms with E-state index in [9.17, 15) is 0 Å². The van der Waals surface area contributed by atoms with Crippen LogP contribution in [0.1, 0.15) is 44.6 Å². The van der Waals surface area contributed by atoms with Gasteiger partial charge in [-0.3, -0.25) is 0 Å². The second-order valence-electron chi connectivity index (χ2n) is 5.37. The van der Waals surface area contributed by atoms with Crippen molar-refractivity contribution in [2.45, 2.75) is 51.7 Å². The summed E-state index contributed by atoms with van der Waals surface area (Å²) < 4.78 is 6.30. The molecular formula is C16H24ClNO. The van der Waals surface area contributed by atoms with Crippen molar-refractivity contribution in [2.24, 2.45) is 5.92 Å². The lowest BCUT2D eigenvalue weighted by atomic mass is 9.84. The molecule has 1 N–H and O–H groups in total. The highest BCUT2D eigenvalue weighted by molar-refractivity contribution is 6.32. The summed E-state index contributed by atoms with van der Waals surface area (Å²) in [7, 11) is 1.94. The fraction of sp³-hybridized carbons (Fsp3) is 0.625. The normalized spacial score (nSPS) is 23.3. The predicted octanol–water partition coefficient (Wildman–Crippen LogP) is 4.41. The zero-order valence-electron chi connectivity index (χ0n) is 11.9. The van der Waals surface area contributed by atoms with E-state index < -0.39 is 0 Å². The molecule has 0 heterocycles. The summed E-state index contributed by atoms with van der Waals surface area (Å²) in [5, 5.41) is 3.91. The van der Waals surface area contributed by atoms with Crippen molar-refractivity contribution in [3.63, 3.8) is 0 Å². The molecule has 0 saturated heterocycles. The molecule has 0 amide bonds. The Balaban J connectivity index is 2.16. The maximum Gasteiger partial charge on any atom is 0.142 e. The van der Waals surface area contributed by atoms with Crippen LogP contribution in [0.25, 0.3) is 0 Å². The molecule has 0 aromatic heterocycles. The van der Waals surface area contributed by atoms with Gasteiger partial charge in [0.25, 0.3) is 0 Å². The minimum Gasteiger partial charge on any atom is -0.488 e. The Bertz CT molecular complexity index is 408. The smallest absolute Gasteiger partial charge is 0.142 e. The summed E-state index contributed by atoms with van der Waals surface area (Å²) in [4.78, 5) is 0. The molecule has 0 bridgehead atoms. The average Bonchev–Trinajstić information content (AvgIpc) is 2.43. The van der Waals surface area contributed by atoms with Crippen molar-refractivity contribution in [1.82, 2.24) is 5.32 Å². The number of halogens is 1. The van der Waals surface area contributed by atoms with Gasteiger partial charge >= 0.3 is 0 Å². The Morgan fingerprint density at radius 3 is 2.84 bits per heavy atom. The second-order valence-corrected chi connectivity index (χ2v) is 5.77. The highest BCUT2D eigenvalue weighted by Crippen LogP contribution is 2.35. The van der Waals surface area contributed by atoms with Crippen LogP contribution in [0.5, 0.6) is 5.75 Å². The lowest BCUT2D eigenvalue weighted by Crippen LogP contribution is -2.30. The fourth-order valence-electron chi connectivity index (χ4n) is 2.96. The highest BCUT2D eigenvalue weighted by atomic mass is 35.5. The van der Waals surface area contributed by atoms with E-state index in [2.05, 4.69) is 18.3 Å². The summed E-state index contributed by atoms with van der Waals surface area (Å²) >= 11 is 6.32. The van der Waals surface area contributed by atoms with Gasteiger partial charge < -0.3 is 10.1 Å². The zero-order chi connectivity index (χ0) is 13.7. The summed E-state index contributed by atoms with van der Waals surface area (Å²) in [6.07, 6.45) is 6.57. The molecule has 19 heavy (non-hydrogen) atoms. The first kappa shape index (κ1) is 14.7. The molecule has 1 aromatic rings. The van der Waals surface area contributed by atoms with E-state index in [1.165, 1.54) is 25.7 Å². The molecule has 1 saturated carbocycles. The van der Waals surface area contributed by atoms with Crippen LogP contribution in [0.4, 0.5) is 0 Å². The van der Waals surface area contributed by atoms with E-state index in [1.807, 2.05) is 19.2 Å². The molecule has 1 aliphatic carbocycles. The molecule has 106 valence electrons. The van der Waals surface area contributed by atoms with Crippen molar-refractivity contribution in [2.75, 3.05) is 7.05 Å². The molecule has 2 unspecified atom stereocenters. The average molecular weight is 282 g/mol. The largest absolute Gasteiger partial charge is 0.488 e. The van der Waals surface area contributed by atoms with Crippen molar-refractivity contribution in [3.05, 3.63) is 28.8 Å². The molecule has 0 aliphatic heterocycles. The maximum atomic E-state index is 6.32. The third-order valence-electron chi connectivity index (χ3n) is 4.05. The van der Waals surface area contributed by atoms with Crippen LogP contribution in [-0.4, -0.2) is 13.2 Å². The molecule has 2 rings (SSSR count). The van der Waals surface area contributed by atoms with Crippen LogP contribution >= 0.6 is 11.6 Å². The van der Waals surface area contributed by atoms with E-state index in [0.717, 1.165) is 29.3 Å². The first-order valence-corrected chi connectivity index (χ1v) is 7.72. The van der Waals surface area contributed by atoms with Crippen molar-refractivity contribution >= 4 is 11.6 Å². The van der Waals surface area contributed by atoms with E-state index >= 15 is 0 Å². The topological polar surface area (TPSA) is 21.3 Å². The molecule has 3 heteroatoms. The van der Waals surface area contributed by atoms with Crippen molar-refractivity contribution < 1.29 is 4.74 Å². The van der Waals surface area contributed by atoms with Gasteiger partial charge in [0.2, 0.25) is 0 Å². The minimum atomic E-state index is 0.328. The van der Waals surface area contributed by atoms with Gasteiger partial charge in [-0.05, 0) is 44.7 Å². The van der Waals surface area contributed by atoms with Crippen LogP contribution in [0.3, 0.4) is 0 Å². The highest BCUT2D eigenvalue weighted by Gasteiger charge is 2.26. The fourth-order valence-corrected chi connectivity index (χ4v) is 3.20. The number of hydrogen-bond acceptors (Lipinski definition) is 2. The Morgan fingerprint density at radius 1 is 1.32 bits per heavy atom. The maximum absolute atomic E-state index is 6.32. The minimum absolute atomic E-state index is 0.328. The van der Waals surface area contributed by atoms with Gasteiger partial charge in [0.1, 0.15) is 11.9 Å². The number of rotatable bonds is 5. The standard InChI is InChI=1S/C16H24ClNO/c1-3-12-7-4-5-10-15(12)19-16-13(11-18-2)8-6-9-14(16)17/h6,8-9,12,15,18H,3-5,7,10-11H2,1-2H3. The molecule has 1 fully saturated rings. The van der Waals surface area contributed by atoms with Gasteiger partial charge in [-0.1, -0.05) is 37.1 Å². The van der Waals surface area contributed by atoms with E-state index in [-0.39, 0.29) is 0 Å². The number of nitrogens with one attached hydrogen (secondary N) is 1. The third kappa shape index (κ3) is 3.64. The number of para-hydroxylation sites is 1. The quantitative estimate of drug-likeness (QED) is 0.863. The van der Waals surface area contributed by atoms with Crippen LogP contribution in [0.2, 0.25) is 5.02 Å². The molecule has 2 nitrogen and oxygen atoms in total. The third-order valence-corrected chi connectivity index (χ3v) is 4.35. The number of hydrogen-bond donors (Lipinski definition) is 1. The zero-order valence-corrected chi connectivity index (χ0v) is 12.7. The van der Waals surface area contributed by atoms with E-state index in [4.69, 9.17) is 16.3 Å². The van der Waals surface area contributed by atoms with Gasteiger partial charge in [0, 0.05) is 12.1 Å². The second kappa shape index (κ2) is 7.16. The number of ether oxygens (including phenoxy) is 1. The van der Waals surface area contributed by atoms with Gasteiger partial charge in [-0.15, -0.1) is 0 Å².